The Labute approximate surface area is 123 Å². The fourth-order valence-electron chi connectivity index (χ4n) is 2.17. The van der Waals surface area contributed by atoms with Crippen LogP contribution < -0.4 is 10.5 Å². The van der Waals surface area contributed by atoms with Crippen LogP contribution in [0.3, 0.4) is 0 Å². The number of fused-ring (bicyclic) bond motifs is 1. The number of aromatic nitrogens is 1. The van der Waals surface area contributed by atoms with Crippen molar-refractivity contribution in [3.8, 4) is 5.75 Å². The highest BCUT2D eigenvalue weighted by atomic mass is 16.5. The molecular weight excluding hydrogens is 264 g/mol. The Balaban J connectivity index is 1.72. The van der Waals surface area contributed by atoms with E-state index in [1.165, 1.54) is 5.56 Å². The molecule has 1 heterocycles. The molecule has 2 N–H and O–H groups in total. The second-order valence-corrected chi connectivity index (χ2v) is 5.31. The number of nitrogens with zero attached hydrogens (tertiary/aromatic N) is 1. The summed E-state index contributed by atoms with van der Waals surface area (Å²) < 4.78 is 11.3. The van der Waals surface area contributed by atoms with E-state index in [2.05, 4.69) is 31.0 Å². The van der Waals surface area contributed by atoms with E-state index >= 15 is 0 Å². The molecule has 4 nitrogen and oxygen atoms in total. The minimum atomic E-state index is 0.287. The molecule has 0 amide bonds. The maximum Gasteiger partial charge on any atom is 0.233 e. The Bertz CT molecular complexity index is 745. The SMILES string of the molecule is CC(C)c1ccc(OCc2nc3c(N)cccc3o2)cc1. The van der Waals surface area contributed by atoms with E-state index in [-0.39, 0.29) is 6.61 Å². The minimum Gasteiger partial charge on any atom is -0.484 e. The molecule has 0 saturated heterocycles. The van der Waals surface area contributed by atoms with Crippen molar-refractivity contribution in [3.05, 3.63) is 53.9 Å². The van der Waals surface area contributed by atoms with Crippen LogP contribution in [0, 0.1) is 0 Å². The third kappa shape index (κ3) is 2.84. The lowest BCUT2D eigenvalue weighted by atomic mass is 10.0. The number of rotatable bonds is 4. The second-order valence-electron chi connectivity index (χ2n) is 5.31. The highest BCUT2D eigenvalue weighted by Crippen LogP contribution is 2.23. The van der Waals surface area contributed by atoms with E-state index in [4.69, 9.17) is 14.9 Å². The molecule has 108 valence electrons. The van der Waals surface area contributed by atoms with Crippen molar-refractivity contribution < 1.29 is 9.15 Å². The molecule has 0 saturated carbocycles. The average Bonchev–Trinajstić information content (AvgIpc) is 2.90. The molecular formula is C17H18N2O2. The van der Waals surface area contributed by atoms with Crippen LogP contribution in [-0.2, 0) is 6.61 Å². The zero-order chi connectivity index (χ0) is 14.8. The normalized spacial score (nSPS) is 11.2. The maximum atomic E-state index is 5.86. The number of para-hydroxylation sites is 1. The van der Waals surface area contributed by atoms with Crippen LogP contribution in [0.15, 0.2) is 46.9 Å². The first-order valence-electron chi connectivity index (χ1n) is 7.00. The van der Waals surface area contributed by atoms with Crippen molar-refractivity contribution in [2.24, 2.45) is 0 Å². The van der Waals surface area contributed by atoms with Crippen molar-refractivity contribution in [1.29, 1.82) is 0 Å². The molecule has 0 unspecified atom stereocenters. The third-order valence-electron chi connectivity index (χ3n) is 3.40. The Morgan fingerprint density at radius 2 is 1.90 bits per heavy atom. The van der Waals surface area contributed by atoms with Crippen molar-refractivity contribution in [1.82, 2.24) is 4.98 Å². The summed E-state index contributed by atoms with van der Waals surface area (Å²) in [5.41, 5.74) is 9.13. The van der Waals surface area contributed by atoms with Crippen LogP contribution >= 0.6 is 0 Å². The Morgan fingerprint density at radius 1 is 1.14 bits per heavy atom. The summed E-state index contributed by atoms with van der Waals surface area (Å²) in [6.45, 7) is 4.62. The van der Waals surface area contributed by atoms with Gasteiger partial charge in [-0.1, -0.05) is 32.0 Å². The van der Waals surface area contributed by atoms with Gasteiger partial charge in [0, 0.05) is 0 Å². The van der Waals surface area contributed by atoms with Gasteiger partial charge in [-0.3, -0.25) is 0 Å². The van der Waals surface area contributed by atoms with Crippen LogP contribution in [0.1, 0.15) is 31.2 Å². The summed E-state index contributed by atoms with van der Waals surface area (Å²) >= 11 is 0. The van der Waals surface area contributed by atoms with E-state index in [0.29, 0.717) is 28.6 Å². The highest BCUT2D eigenvalue weighted by Gasteiger charge is 2.08. The number of oxazole rings is 1. The third-order valence-corrected chi connectivity index (χ3v) is 3.40. The summed E-state index contributed by atoms with van der Waals surface area (Å²) in [5, 5.41) is 0. The molecule has 3 aromatic rings. The van der Waals surface area contributed by atoms with Gasteiger partial charge in [-0.25, -0.2) is 4.98 Å². The summed E-state index contributed by atoms with van der Waals surface area (Å²) in [6, 6.07) is 13.6. The number of anilines is 1. The Hall–Kier alpha value is -2.49. The van der Waals surface area contributed by atoms with Gasteiger partial charge < -0.3 is 14.9 Å². The number of hydrogen-bond acceptors (Lipinski definition) is 4. The van der Waals surface area contributed by atoms with Crippen LogP contribution in [-0.4, -0.2) is 4.98 Å². The predicted octanol–water partition coefficient (Wildman–Crippen LogP) is 4.11. The largest absolute Gasteiger partial charge is 0.484 e. The van der Waals surface area contributed by atoms with Gasteiger partial charge in [0.05, 0.1) is 5.69 Å². The molecule has 0 fully saturated rings. The smallest absolute Gasteiger partial charge is 0.233 e. The monoisotopic (exact) mass is 282 g/mol. The van der Waals surface area contributed by atoms with Crippen molar-refractivity contribution in [3.63, 3.8) is 0 Å². The Morgan fingerprint density at radius 3 is 2.57 bits per heavy atom. The summed E-state index contributed by atoms with van der Waals surface area (Å²) in [7, 11) is 0. The summed E-state index contributed by atoms with van der Waals surface area (Å²) in [4.78, 5) is 4.36. The fraction of sp³-hybridized carbons (Fsp3) is 0.235. The van der Waals surface area contributed by atoms with Crippen molar-refractivity contribution >= 4 is 16.8 Å². The molecule has 1 aromatic heterocycles. The van der Waals surface area contributed by atoms with E-state index in [1.807, 2.05) is 24.3 Å². The summed E-state index contributed by atoms with van der Waals surface area (Å²) in [5.74, 6) is 1.84. The van der Waals surface area contributed by atoms with Gasteiger partial charge in [0.15, 0.2) is 12.2 Å². The number of ether oxygens (including phenoxy) is 1. The zero-order valence-electron chi connectivity index (χ0n) is 12.2. The molecule has 0 radical (unpaired) electrons. The molecule has 0 bridgehead atoms. The number of nitrogen functional groups attached to an aromatic ring is 1. The van der Waals surface area contributed by atoms with E-state index in [9.17, 15) is 0 Å². The van der Waals surface area contributed by atoms with E-state index in [0.717, 1.165) is 5.75 Å². The number of hydrogen-bond donors (Lipinski definition) is 1. The van der Waals surface area contributed by atoms with Gasteiger partial charge >= 0.3 is 0 Å². The first kappa shape index (κ1) is 13.5. The number of nitrogens with two attached hydrogens (primary N) is 1. The van der Waals surface area contributed by atoms with Gasteiger partial charge in [-0.15, -0.1) is 0 Å². The molecule has 0 aliphatic rings. The van der Waals surface area contributed by atoms with E-state index in [1.54, 1.807) is 6.07 Å². The molecule has 21 heavy (non-hydrogen) atoms. The van der Waals surface area contributed by atoms with Crippen LogP contribution in [0.25, 0.3) is 11.1 Å². The van der Waals surface area contributed by atoms with Crippen molar-refractivity contribution in [2.75, 3.05) is 5.73 Å². The standard InChI is InChI=1S/C17H18N2O2/c1-11(2)12-6-8-13(9-7-12)20-10-16-19-17-14(18)4-3-5-15(17)21-16/h3-9,11H,10,18H2,1-2H3. The maximum absolute atomic E-state index is 5.86. The molecule has 3 rings (SSSR count). The number of benzene rings is 2. The molecule has 4 heteroatoms. The quantitative estimate of drug-likeness (QED) is 0.731. The zero-order valence-corrected chi connectivity index (χ0v) is 12.2. The molecule has 0 spiro atoms. The first-order chi connectivity index (χ1) is 10.1. The lowest BCUT2D eigenvalue weighted by Crippen LogP contribution is -1.96. The van der Waals surface area contributed by atoms with Gasteiger partial charge in [0.25, 0.3) is 0 Å². The van der Waals surface area contributed by atoms with Gasteiger partial charge in [-0.05, 0) is 35.7 Å². The van der Waals surface area contributed by atoms with Gasteiger partial charge in [0.2, 0.25) is 5.89 Å². The van der Waals surface area contributed by atoms with Crippen LogP contribution in [0.4, 0.5) is 5.69 Å². The summed E-state index contributed by atoms with van der Waals surface area (Å²) in [6.07, 6.45) is 0. The molecule has 2 aromatic carbocycles. The van der Waals surface area contributed by atoms with Gasteiger partial charge in [-0.2, -0.15) is 0 Å². The molecule has 0 aliphatic heterocycles. The topological polar surface area (TPSA) is 61.3 Å². The van der Waals surface area contributed by atoms with Gasteiger partial charge in [0.1, 0.15) is 11.3 Å². The minimum absolute atomic E-state index is 0.287. The Kier molecular flexibility index (Phi) is 3.52. The van der Waals surface area contributed by atoms with Crippen LogP contribution in [0.5, 0.6) is 5.75 Å². The van der Waals surface area contributed by atoms with E-state index < -0.39 is 0 Å². The lowest BCUT2D eigenvalue weighted by molar-refractivity contribution is 0.267. The molecule has 0 aliphatic carbocycles. The van der Waals surface area contributed by atoms with Crippen molar-refractivity contribution in [2.45, 2.75) is 26.4 Å². The average molecular weight is 282 g/mol. The first-order valence-corrected chi connectivity index (χ1v) is 7.00. The lowest BCUT2D eigenvalue weighted by Gasteiger charge is -2.07. The second kappa shape index (κ2) is 5.48. The van der Waals surface area contributed by atoms with Crippen LogP contribution in [0.2, 0.25) is 0 Å². The fourth-order valence-corrected chi connectivity index (χ4v) is 2.17. The molecule has 0 atom stereocenters. The highest BCUT2D eigenvalue weighted by molar-refractivity contribution is 5.85. The predicted molar refractivity (Wildman–Crippen MR) is 83.3 cm³/mol.